The van der Waals surface area contributed by atoms with E-state index in [9.17, 15) is 9.59 Å². The normalized spacial score (nSPS) is 11.8. The van der Waals surface area contributed by atoms with E-state index < -0.39 is 17.9 Å². The average molecular weight is 207 g/mol. The molecule has 1 aromatic carbocycles. The van der Waals surface area contributed by atoms with E-state index in [1.807, 2.05) is 30.3 Å². The molecule has 0 saturated heterocycles. The highest BCUT2D eigenvalue weighted by molar-refractivity contribution is 6.03. The highest BCUT2D eigenvalue weighted by Gasteiger charge is 2.18. The minimum Gasteiger partial charge on any atom is -0.368 e. The van der Waals surface area contributed by atoms with Gasteiger partial charge in [-0.05, 0) is 5.56 Å². The Balaban J connectivity index is 2.44. The number of hydrogen-bond acceptors (Lipinski definition) is 3. The van der Waals surface area contributed by atoms with Crippen molar-refractivity contribution in [2.75, 3.05) is 0 Å². The van der Waals surface area contributed by atoms with Crippen LogP contribution in [0.15, 0.2) is 30.3 Å². The van der Waals surface area contributed by atoms with Crippen LogP contribution in [0.25, 0.3) is 0 Å². The minimum atomic E-state index is -1.28. The summed E-state index contributed by atoms with van der Waals surface area (Å²) in [7, 11) is 0. The Labute approximate surface area is 87.4 Å². The predicted molar refractivity (Wildman–Crippen MR) is 55.5 cm³/mol. The minimum absolute atomic E-state index is 0.334. The molecule has 15 heavy (non-hydrogen) atoms. The van der Waals surface area contributed by atoms with Crippen LogP contribution in [0.2, 0.25) is 0 Å². The van der Waals surface area contributed by atoms with Crippen molar-refractivity contribution in [2.45, 2.75) is 12.6 Å². The molecule has 0 spiro atoms. The van der Waals surface area contributed by atoms with Gasteiger partial charge in [-0.3, -0.25) is 9.59 Å². The average Bonchev–Trinajstić information content (AvgIpc) is 2.26. The van der Waals surface area contributed by atoms with Gasteiger partial charge < -0.3 is 16.8 Å². The van der Waals surface area contributed by atoms with E-state index in [0.717, 1.165) is 5.56 Å². The first-order valence-electron chi connectivity index (χ1n) is 4.48. The van der Waals surface area contributed by atoms with Crippen LogP contribution in [0.1, 0.15) is 5.56 Å². The van der Waals surface area contributed by atoms with Crippen molar-refractivity contribution < 1.29 is 9.59 Å². The van der Waals surface area contributed by atoms with Gasteiger partial charge in [-0.15, -0.1) is 0 Å². The summed E-state index contributed by atoms with van der Waals surface area (Å²) in [4.78, 5) is 21.8. The van der Waals surface area contributed by atoms with Crippen molar-refractivity contribution in [3.63, 3.8) is 0 Å². The van der Waals surface area contributed by atoms with Crippen molar-refractivity contribution in [1.29, 1.82) is 0 Å². The zero-order chi connectivity index (χ0) is 11.3. The molecule has 5 heteroatoms. The molecule has 0 radical (unpaired) electrons. The van der Waals surface area contributed by atoms with Gasteiger partial charge in [-0.2, -0.15) is 0 Å². The smallest absolute Gasteiger partial charge is 0.246 e. The Bertz CT molecular complexity index is 351. The van der Waals surface area contributed by atoms with Crippen LogP contribution in [0.3, 0.4) is 0 Å². The van der Waals surface area contributed by atoms with E-state index >= 15 is 0 Å². The molecule has 1 aromatic rings. The maximum absolute atomic E-state index is 11.2. The largest absolute Gasteiger partial charge is 0.368 e. The van der Waals surface area contributed by atoms with E-state index in [0.29, 0.717) is 6.54 Å². The lowest BCUT2D eigenvalue weighted by atomic mass is 10.2. The number of rotatable bonds is 4. The number of nitrogens with two attached hydrogens (primary N) is 2. The molecule has 0 saturated carbocycles. The summed E-state index contributed by atoms with van der Waals surface area (Å²) >= 11 is 0. The third-order valence-corrected chi connectivity index (χ3v) is 1.90. The number of benzene rings is 1. The molecule has 5 N–H and O–H groups in total. The quantitative estimate of drug-likeness (QED) is 0.559. The fourth-order valence-corrected chi connectivity index (χ4v) is 1.02. The van der Waals surface area contributed by atoms with E-state index in [4.69, 9.17) is 11.5 Å². The molecule has 0 aliphatic carbocycles. The fraction of sp³-hybridized carbons (Fsp3) is 0.200. The number of hydrogen-bond donors (Lipinski definition) is 3. The first-order chi connectivity index (χ1) is 7.11. The van der Waals surface area contributed by atoms with Gasteiger partial charge in [0.2, 0.25) is 11.8 Å². The second kappa shape index (κ2) is 5.11. The van der Waals surface area contributed by atoms with Gasteiger partial charge in [-0.1, -0.05) is 30.3 Å². The van der Waals surface area contributed by atoms with Crippen molar-refractivity contribution >= 4 is 11.8 Å². The van der Waals surface area contributed by atoms with Gasteiger partial charge in [-0.25, -0.2) is 0 Å². The van der Waals surface area contributed by atoms with E-state index in [1.165, 1.54) is 0 Å². The summed E-state index contributed by atoms with van der Waals surface area (Å²) < 4.78 is 0. The lowest BCUT2D eigenvalue weighted by molar-refractivity contribution is -0.129. The number of amides is 2. The standard InChI is InChI=1S/C10H13N3O2/c11-8(9(12)14)10(15)13-6-7-4-2-1-3-5-7/h1-5,8H,6,11H2,(H2,12,14)(H,13,15). The molecule has 0 aliphatic rings. The van der Waals surface area contributed by atoms with Crippen LogP contribution in [0.5, 0.6) is 0 Å². The third-order valence-electron chi connectivity index (χ3n) is 1.90. The Morgan fingerprint density at radius 2 is 1.87 bits per heavy atom. The summed E-state index contributed by atoms with van der Waals surface area (Å²) in [5.41, 5.74) is 11.1. The highest BCUT2D eigenvalue weighted by atomic mass is 16.2. The Kier molecular flexibility index (Phi) is 3.82. The second-order valence-electron chi connectivity index (χ2n) is 3.08. The van der Waals surface area contributed by atoms with Crippen LogP contribution in [-0.2, 0) is 16.1 Å². The van der Waals surface area contributed by atoms with Crippen LogP contribution >= 0.6 is 0 Å². The van der Waals surface area contributed by atoms with Gasteiger partial charge in [0.05, 0.1) is 0 Å². The monoisotopic (exact) mass is 207 g/mol. The van der Waals surface area contributed by atoms with Crippen LogP contribution in [-0.4, -0.2) is 17.9 Å². The van der Waals surface area contributed by atoms with E-state index in [-0.39, 0.29) is 0 Å². The summed E-state index contributed by atoms with van der Waals surface area (Å²) in [5, 5.41) is 2.52. The number of carbonyl (C=O) groups is 2. The molecular weight excluding hydrogens is 194 g/mol. The van der Waals surface area contributed by atoms with Crippen molar-refractivity contribution in [1.82, 2.24) is 5.32 Å². The molecule has 5 nitrogen and oxygen atoms in total. The van der Waals surface area contributed by atoms with Crippen molar-refractivity contribution in [2.24, 2.45) is 11.5 Å². The highest BCUT2D eigenvalue weighted by Crippen LogP contribution is 1.97. The molecule has 2 amide bonds. The lowest BCUT2D eigenvalue weighted by Crippen LogP contribution is -2.48. The topological polar surface area (TPSA) is 98.2 Å². The molecule has 0 fully saturated rings. The van der Waals surface area contributed by atoms with Gasteiger partial charge in [0.1, 0.15) is 0 Å². The second-order valence-corrected chi connectivity index (χ2v) is 3.08. The molecule has 0 aromatic heterocycles. The Morgan fingerprint density at radius 1 is 1.27 bits per heavy atom. The molecule has 1 unspecified atom stereocenters. The predicted octanol–water partition coefficient (Wildman–Crippen LogP) is -0.885. The molecule has 0 aliphatic heterocycles. The van der Waals surface area contributed by atoms with Crippen LogP contribution in [0.4, 0.5) is 0 Å². The molecule has 0 bridgehead atoms. The summed E-state index contributed by atoms with van der Waals surface area (Å²) in [6.07, 6.45) is 0. The number of carbonyl (C=O) groups excluding carboxylic acids is 2. The Morgan fingerprint density at radius 3 is 2.40 bits per heavy atom. The molecular formula is C10H13N3O2. The van der Waals surface area contributed by atoms with Gasteiger partial charge >= 0.3 is 0 Å². The van der Waals surface area contributed by atoms with Crippen molar-refractivity contribution in [3.8, 4) is 0 Å². The third kappa shape index (κ3) is 3.40. The fourth-order valence-electron chi connectivity index (χ4n) is 1.02. The van der Waals surface area contributed by atoms with Gasteiger partial charge in [0, 0.05) is 6.54 Å². The maximum atomic E-state index is 11.2. The van der Waals surface area contributed by atoms with Crippen LogP contribution in [0, 0.1) is 0 Å². The summed E-state index contributed by atoms with van der Waals surface area (Å²) in [6, 6.07) is 8.02. The number of nitrogens with one attached hydrogen (secondary N) is 1. The first kappa shape index (κ1) is 11.2. The molecule has 1 rings (SSSR count). The molecule has 0 heterocycles. The zero-order valence-corrected chi connectivity index (χ0v) is 8.14. The van der Waals surface area contributed by atoms with Gasteiger partial charge in [0.25, 0.3) is 0 Å². The van der Waals surface area contributed by atoms with Crippen molar-refractivity contribution in [3.05, 3.63) is 35.9 Å². The molecule has 1 atom stereocenters. The van der Waals surface area contributed by atoms with Crippen LogP contribution < -0.4 is 16.8 Å². The maximum Gasteiger partial charge on any atom is 0.246 e. The summed E-state index contributed by atoms with van der Waals surface area (Å²) in [5.74, 6) is -1.40. The van der Waals surface area contributed by atoms with E-state index in [2.05, 4.69) is 5.32 Å². The molecule has 80 valence electrons. The first-order valence-corrected chi connectivity index (χ1v) is 4.48. The van der Waals surface area contributed by atoms with Gasteiger partial charge in [0.15, 0.2) is 6.04 Å². The van der Waals surface area contributed by atoms with E-state index in [1.54, 1.807) is 0 Å². The number of primary amides is 1. The summed E-state index contributed by atoms with van der Waals surface area (Å²) in [6.45, 7) is 0.334. The Hall–Kier alpha value is -1.88. The zero-order valence-electron chi connectivity index (χ0n) is 8.14. The SMILES string of the molecule is NC(=O)C(N)C(=O)NCc1ccccc1. The lowest BCUT2D eigenvalue weighted by Gasteiger charge is -2.08.